The van der Waals surface area contributed by atoms with E-state index in [1.165, 1.54) is 12.5 Å². The van der Waals surface area contributed by atoms with Gasteiger partial charge in [-0.2, -0.15) is 4.98 Å². The highest BCUT2D eigenvalue weighted by atomic mass is 16.5. The summed E-state index contributed by atoms with van der Waals surface area (Å²) >= 11 is 0. The van der Waals surface area contributed by atoms with E-state index in [1.807, 2.05) is 37.3 Å². The first-order valence-corrected chi connectivity index (χ1v) is 15.3. The number of benzene rings is 2. The molecule has 232 valence electrons. The second-order valence-corrected chi connectivity index (χ2v) is 11.4. The van der Waals surface area contributed by atoms with Gasteiger partial charge in [0.15, 0.2) is 0 Å². The summed E-state index contributed by atoms with van der Waals surface area (Å²) < 4.78 is 12.0. The second kappa shape index (κ2) is 14.3. The van der Waals surface area contributed by atoms with Gasteiger partial charge in [0, 0.05) is 36.4 Å². The molecule has 3 aromatic rings. The van der Waals surface area contributed by atoms with Crippen molar-refractivity contribution in [2.24, 2.45) is 0 Å². The normalized spacial score (nSPS) is 15.8. The monoisotopic (exact) mass is 598 g/mol. The van der Waals surface area contributed by atoms with Gasteiger partial charge in [0.25, 0.3) is 5.91 Å². The lowest BCUT2D eigenvalue weighted by Crippen LogP contribution is -2.43. The Bertz CT molecular complexity index is 1500. The van der Waals surface area contributed by atoms with E-state index >= 15 is 0 Å². The van der Waals surface area contributed by atoms with E-state index in [0.717, 1.165) is 63.1 Å². The molecule has 2 amide bonds. The molecular formula is C34H42N6O4. The Morgan fingerprint density at radius 1 is 0.977 bits per heavy atom. The smallest absolute Gasteiger partial charge is 0.251 e. The van der Waals surface area contributed by atoms with Crippen LogP contribution < -0.4 is 30.3 Å². The van der Waals surface area contributed by atoms with Gasteiger partial charge in [-0.15, -0.1) is 0 Å². The van der Waals surface area contributed by atoms with Crippen LogP contribution in [0, 0.1) is 6.92 Å². The van der Waals surface area contributed by atoms with E-state index in [2.05, 4.69) is 39.4 Å². The third-order valence-electron chi connectivity index (χ3n) is 8.18. The molecule has 0 bridgehead atoms. The van der Waals surface area contributed by atoms with Crippen LogP contribution in [0.15, 0.2) is 61.2 Å². The zero-order valence-electron chi connectivity index (χ0n) is 25.8. The highest BCUT2D eigenvalue weighted by Gasteiger charge is 2.21. The molecule has 3 heterocycles. The number of piperidine rings is 2. The molecule has 2 saturated heterocycles. The van der Waals surface area contributed by atoms with Crippen molar-refractivity contribution in [1.29, 1.82) is 0 Å². The molecule has 1 aromatic heterocycles. The van der Waals surface area contributed by atoms with Crippen LogP contribution in [0.2, 0.25) is 0 Å². The Morgan fingerprint density at radius 3 is 2.48 bits per heavy atom. The van der Waals surface area contributed by atoms with Gasteiger partial charge in [-0.05, 0) is 107 Å². The Labute approximate surface area is 259 Å². The number of pyridine rings is 1. The van der Waals surface area contributed by atoms with E-state index in [1.54, 1.807) is 25.3 Å². The number of amides is 2. The van der Waals surface area contributed by atoms with Crippen LogP contribution in [-0.4, -0.2) is 68.1 Å². The van der Waals surface area contributed by atoms with Gasteiger partial charge in [-0.1, -0.05) is 12.6 Å². The molecule has 0 spiro atoms. The number of carbonyl (C=O) groups excluding carboxylic acids is 2. The number of nitrogens with zero attached hydrogens (tertiary/aromatic N) is 3. The van der Waals surface area contributed by atoms with E-state index in [-0.39, 0.29) is 17.9 Å². The summed E-state index contributed by atoms with van der Waals surface area (Å²) in [4.78, 5) is 34.4. The second-order valence-electron chi connectivity index (χ2n) is 11.4. The maximum absolute atomic E-state index is 13.0. The number of anilines is 4. The third-order valence-corrected chi connectivity index (χ3v) is 8.18. The lowest BCUT2D eigenvalue weighted by Gasteiger charge is -2.30. The summed E-state index contributed by atoms with van der Waals surface area (Å²) in [5.74, 6) is 1.71. The first-order chi connectivity index (χ1) is 21.3. The lowest BCUT2D eigenvalue weighted by atomic mass is 10.0. The number of ether oxygens (including phenoxy) is 2. The summed E-state index contributed by atoms with van der Waals surface area (Å²) in [5.41, 5.74) is 3.67. The van der Waals surface area contributed by atoms with Crippen molar-refractivity contribution >= 4 is 34.7 Å². The van der Waals surface area contributed by atoms with E-state index < -0.39 is 0 Å². The van der Waals surface area contributed by atoms with Gasteiger partial charge < -0.3 is 35.2 Å². The van der Waals surface area contributed by atoms with Crippen LogP contribution in [0.1, 0.15) is 48.0 Å². The Kier molecular flexibility index (Phi) is 10.0. The molecule has 0 saturated carbocycles. The number of carbonyl (C=O) groups is 2. The predicted octanol–water partition coefficient (Wildman–Crippen LogP) is 5.87. The average molecular weight is 599 g/mol. The molecule has 5 rings (SSSR count). The fraction of sp³-hybridized carbons (Fsp3) is 0.382. The summed E-state index contributed by atoms with van der Waals surface area (Å²) in [5, 5.41) is 9.34. The number of likely N-dealkylation sites (tertiary alicyclic amines) is 1. The van der Waals surface area contributed by atoms with Gasteiger partial charge in [0.2, 0.25) is 11.8 Å². The van der Waals surface area contributed by atoms with Gasteiger partial charge in [0.05, 0.1) is 12.8 Å². The first kappa shape index (κ1) is 30.9. The van der Waals surface area contributed by atoms with Crippen LogP contribution in [0.3, 0.4) is 0 Å². The first-order valence-electron chi connectivity index (χ1n) is 15.3. The van der Waals surface area contributed by atoms with Crippen LogP contribution in [0.25, 0.3) is 0 Å². The maximum Gasteiger partial charge on any atom is 0.251 e. The zero-order valence-corrected chi connectivity index (χ0v) is 25.8. The minimum atomic E-state index is -0.289. The van der Waals surface area contributed by atoms with Crippen molar-refractivity contribution < 1.29 is 19.1 Å². The molecule has 10 nitrogen and oxygen atoms in total. The Hall–Kier alpha value is -4.57. The number of methoxy groups -OCH3 is 1. The van der Waals surface area contributed by atoms with Crippen molar-refractivity contribution in [2.75, 3.05) is 55.9 Å². The summed E-state index contributed by atoms with van der Waals surface area (Å²) in [6, 6.07) is 15.0. The highest BCUT2D eigenvalue weighted by Crippen LogP contribution is 2.36. The molecule has 0 radical (unpaired) electrons. The molecule has 2 aliphatic rings. The fourth-order valence-corrected chi connectivity index (χ4v) is 5.54. The summed E-state index contributed by atoms with van der Waals surface area (Å²) in [7, 11) is 3.69. The van der Waals surface area contributed by atoms with Gasteiger partial charge in [-0.3, -0.25) is 9.59 Å². The van der Waals surface area contributed by atoms with E-state index in [0.29, 0.717) is 40.1 Å². The molecule has 0 unspecified atom stereocenters. The minimum Gasteiger partial charge on any atom is -0.495 e. The van der Waals surface area contributed by atoms with Gasteiger partial charge >= 0.3 is 0 Å². The molecule has 0 aliphatic carbocycles. The fourth-order valence-electron chi connectivity index (χ4n) is 5.54. The number of rotatable bonds is 10. The Balaban J connectivity index is 1.38. The molecule has 2 aromatic carbocycles. The standard InChI is InChI=1S/C34H42N6O4/c1-5-32(41)37-28-22-26(11-9-23(28)2)44-34-29(40-17-7-6-8-18-40)13-14-31(38-34)36-27-12-10-24(21-30(27)43-4)33(42)35-25-15-19-39(3)20-16-25/h5,9-14,21-22,25H,1,6-8,15-20H2,2-4H3,(H,35,42)(H,36,38)(H,37,41). The molecular weight excluding hydrogens is 556 g/mol. The SMILES string of the molecule is C=CC(=O)Nc1cc(Oc2nc(Nc3ccc(C(=O)NC4CCN(C)CC4)cc3OC)ccc2N2CCCCC2)ccc1C. The number of hydrogen-bond acceptors (Lipinski definition) is 8. The van der Waals surface area contributed by atoms with Crippen molar-refractivity contribution in [3.05, 3.63) is 72.3 Å². The Morgan fingerprint density at radius 2 is 1.75 bits per heavy atom. The summed E-state index contributed by atoms with van der Waals surface area (Å²) in [6.45, 7) is 9.26. The molecule has 2 fully saturated rings. The quantitative estimate of drug-likeness (QED) is 0.249. The topological polar surface area (TPSA) is 108 Å². The number of nitrogens with one attached hydrogen (secondary N) is 3. The van der Waals surface area contributed by atoms with Crippen LogP contribution >= 0.6 is 0 Å². The summed E-state index contributed by atoms with van der Waals surface area (Å²) in [6.07, 6.45) is 6.54. The molecule has 3 N–H and O–H groups in total. The highest BCUT2D eigenvalue weighted by molar-refractivity contribution is 5.99. The van der Waals surface area contributed by atoms with Gasteiger partial charge in [0.1, 0.15) is 23.0 Å². The molecule has 10 heteroatoms. The van der Waals surface area contributed by atoms with Crippen molar-refractivity contribution in [2.45, 2.75) is 45.1 Å². The van der Waals surface area contributed by atoms with Gasteiger partial charge in [-0.25, -0.2) is 0 Å². The largest absolute Gasteiger partial charge is 0.495 e. The maximum atomic E-state index is 13.0. The minimum absolute atomic E-state index is 0.106. The van der Waals surface area contributed by atoms with Crippen molar-refractivity contribution in [1.82, 2.24) is 15.2 Å². The molecule has 2 aliphatic heterocycles. The van der Waals surface area contributed by atoms with E-state index in [9.17, 15) is 9.59 Å². The van der Waals surface area contributed by atoms with Crippen LogP contribution in [-0.2, 0) is 4.79 Å². The van der Waals surface area contributed by atoms with Crippen molar-refractivity contribution in [3.63, 3.8) is 0 Å². The van der Waals surface area contributed by atoms with Crippen molar-refractivity contribution in [3.8, 4) is 17.4 Å². The third kappa shape index (κ3) is 7.68. The van der Waals surface area contributed by atoms with Crippen LogP contribution in [0.4, 0.5) is 22.9 Å². The van der Waals surface area contributed by atoms with Crippen LogP contribution in [0.5, 0.6) is 17.4 Å². The lowest BCUT2D eigenvalue weighted by molar-refractivity contribution is -0.111. The average Bonchev–Trinajstić information content (AvgIpc) is 3.04. The number of aryl methyl sites for hydroxylation is 1. The zero-order chi connectivity index (χ0) is 31.1. The molecule has 44 heavy (non-hydrogen) atoms. The predicted molar refractivity (Wildman–Crippen MR) is 175 cm³/mol. The number of aromatic nitrogens is 1. The van der Waals surface area contributed by atoms with E-state index in [4.69, 9.17) is 14.5 Å². The number of hydrogen-bond donors (Lipinski definition) is 3. The molecule has 0 atom stereocenters.